The molecular formula is C21H18O4. The molecule has 0 heterocycles. The highest BCUT2D eigenvalue weighted by Crippen LogP contribution is 2.35. The average molecular weight is 334 g/mol. The van der Waals surface area contributed by atoms with Gasteiger partial charge in [0.05, 0.1) is 7.11 Å². The number of fused-ring (bicyclic) bond motifs is 1. The molecule has 0 saturated carbocycles. The summed E-state index contributed by atoms with van der Waals surface area (Å²) in [5, 5.41) is 0. The van der Waals surface area contributed by atoms with E-state index in [-0.39, 0.29) is 30.2 Å². The summed E-state index contributed by atoms with van der Waals surface area (Å²) in [6.45, 7) is 1.48. The van der Waals surface area contributed by atoms with Crippen molar-refractivity contribution in [3.05, 3.63) is 70.8 Å². The number of carbonyl (C=O) groups is 3. The highest BCUT2D eigenvalue weighted by atomic mass is 16.5. The van der Waals surface area contributed by atoms with Crippen molar-refractivity contribution in [2.75, 3.05) is 7.11 Å². The fourth-order valence-electron chi connectivity index (χ4n) is 3.03. The Labute approximate surface area is 146 Å². The number of rotatable bonds is 5. The Morgan fingerprint density at radius 1 is 0.920 bits per heavy atom. The first-order chi connectivity index (χ1) is 12.0. The molecule has 126 valence electrons. The second kappa shape index (κ2) is 6.85. The van der Waals surface area contributed by atoms with Crippen LogP contribution in [0.3, 0.4) is 0 Å². The maximum Gasteiger partial charge on any atom is 0.194 e. The predicted molar refractivity (Wildman–Crippen MR) is 94.9 cm³/mol. The molecule has 1 aliphatic rings. The maximum atomic E-state index is 13.0. The molecule has 0 aliphatic heterocycles. The minimum absolute atomic E-state index is 0.0133. The third-order valence-corrected chi connectivity index (χ3v) is 4.32. The quantitative estimate of drug-likeness (QED) is 0.832. The SMILES string of the molecule is COc1ccc(C2=C(CCC(C)=O)C(=O)c3ccccc3C2=O)cc1. The van der Waals surface area contributed by atoms with Crippen LogP contribution in [0.1, 0.15) is 46.0 Å². The van der Waals surface area contributed by atoms with E-state index in [0.29, 0.717) is 33.6 Å². The summed E-state index contributed by atoms with van der Waals surface area (Å²) in [7, 11) is 1.57. The van der Waals surface area contributed by atoms with E-state index in [0.717, 1.165) is 0 Å². The largest absolute Gasteiger partial charge is 0.497 e. The molecule has 4 nitrogen and oxygen atoms in total. The minimum Gasteiger partial charge on any atom is -0.497 e. The van der Waals surface area contributed by atoms with E-state index < -0.39 is 0 Å². The molecule has 0 N–H and O–H groups in total. The fourth-order valence-corrected chi connectivity index (χ4v) is 3.03. The van der Waals surface area contributed by atoms with Crippen molar-refractivity contribution < 1.29 is 19.1 Å². The van der Waals surface area contributed by atoms with E-state index in [1.807, 2.05) is 0 Å². The molecule has 0 fully saturated rings. The Bertz CT molecular complexity index is 888. The number of ether oxygens (including phenoxy) is 1. The van der Waals surface area contributed by atoms with Gasteiger partial charge < -0.3 is 9.53 Å². The molecule has 0 atom stereocenters. The molecule has 4 heteroatoms. The molecular weight excluding hydrogens is 316 g/mol. The number of methoxy groups -OCH3 is 1. The third kappa shape index (κ3) is 3.15. The van der Waals surface area contributed by atoms with Crippen LogP contribution < -0.4 is 4.74 Å². The first-order valence-corrected chi connectivity index (χ1v) is 8.08. The summed E-state index contributed by atoms with van der Waals surface area (Å²) in [5.41, 5.74) is 2.26. The van der Waals surface area contributed by atoms with Gasteiger partial charge in [-0.25, -0.2) is 0 Å². The van der Waals surface area contributed by atoms with E-state index in [4.69, 9.17) is 4.74 Å². The number of ketones is 3. The topological polar surface area (TPSA) is 60.4 Å². The Morgan fingerprint density at radius 3 is 2.08 bits per heavy atom. The van der Waals surface area contributed by atoms with E-state index in [2.05, 4.69) is 0 Å². The number of Topliss-reactive ketones (excluding diaryl/α,β-unsaturated/α-hetero) is 3. The van der Waals surface area contributed by atoms with Gasteiger partial charge >= 0.3 is 0 Å². The van der Waals surface area contributed by atoms with Crippen molar-refractivity contribution in [1.82, 2.24) is 0 Å². The van der Waals surface area contributed by atoms with Crippen LogP contribution in [0.15, 0.2) is 54.1 Å². The number of carbonyl (C=O) groups excluding carboxylic acids is 3. The predicted octanol–water partition coefficient (Wildman–Crippen LogP) is 3.90. The van der Waals surface area contributed by atoms with Gasteiger partial charge in [0, 0.05) is 28.7 Å². The smallest absolute Gasteiger partial charge is 0.194 e. The van der Waals surface area contributed by atoms with Crippen LogP contribution >= 0.6 is 0 Å². The van der Waals surface area contributed by atoms with Crippen LogP contribution in [0.2, 0.25) is 0 Å². The Kier molecular flexibility index (Phi) is 4.61. The van der Waals surface area contributed by atoms with Gasteiger partial charge in [0.15, 0.2) is 11.6 Å². The Balaban J connectivity index is 2.16. The minimum atomic E-state index is -0.182. The van der Waals surface area contributed by atoms with E-state index in [1.54, 1.807) is 55.6 Å². The molecule has 2 aromatic rings. The lowest BCUT2D eigenvalue weighted by molar-refractivity contribution is -0.116. The second-order valence-corrected chi connectivity index (χ2v) is 5.99. The normalized spacial score (nSPS) is 13.7. The van der Waals surface area contributed by atoms with Crippen LogP contribution in [-0.2, 0) is 4.79 Å². The van der Waals surface area contributed by atoms with E-state index >= 15 is 0 Å². The molecule has 3 rings (SSSR count). The van der Waals surface area contributed by atoms with Crippen LogP contribution in [0.25, 0.3) is 5.57 Å². The summed E-state index contributed by atoms with van der Waals surface area (Å²) >= 11 is 0. The van der Waals surface area contributed by atoms with Crippen molar-refractivity contribution in [2.24, 2.45) is 0 Å². The molecule has 0 unspecified atom stereocenters. The zero-order valence-corrected chi connectivity index (χ0v) is 14.2. The monoisotopic (exact) mass is 334 g/mol. The van der Waals surface area contributed by atoms with Crippen molar-refractivity contribution in [3.8, 4) is 5.75 Å². The first-order valence-electron chi connectivity index (χ1n) is 8.08. The van der Waals surface area contributed by atoms with Gasteiger partial charge in [-0.3, -0.25) is 9.59 Å². The number of allylic oxidation sites excluding steroid dienone is 2. The summed E-state index contributed by atoms with van der Waals surface area (Å²) in [4.78, 5) is 37.4. The number of benzene rings is 2. The van der Waals surface area contributed by atoms with Gasteiger partial charge in [0.25, 0.3) is 0 Å². The van der Waals surface area contributed by atoms with Crippen LogP contribution in [0.5, 0.6) is 5.75 Å². The molecule has 1 aliphatic carbocycles. The molecule has 0 bridgehead atoms. The molecule has 0 aromatic heterocycles. The molecule has 25 heavy (non-hydrogen) atoms. The maximum absolute atomic E-state index is 13.0. The summed E-state index contributed by atoms with van der Waals surface area (Å²) in [5.74, 6) is 0.298. The van der Waals surface area contributed by atoms with Gasteiger partial charge in [-0.1, -0.05) is 36.4 Å². The lowest BCUT2D eigenvalue weighted by Crippen LogP contribution is -2.21. The highest BCUT2D eigenvalue weighted by Gasteiger charge is 2.32. The average Bonchev–Trinajstić information content (AvgIpc) is 2.63. The Morgan fingerprint density at radius 2 is 1.52 bits per heavy atom. The Hall–Kier alpha value is -3.01. The molecule has 0 amide bonds. The second-order valence-electron chi connectivity index (χ2n) is 5.99. The molecule has 0 radical (unpaired) electrons. The molecule has 0 spiro atoms. The zero-order chi connectivity index (χ0) is 18.0. The van der Waals surface area contributed by atoms with Gasteiger partial charge in [-0.05, 0) is 31.0 Å². The summed E-state index contributed by atoms with van der Waals surface area (Å²) < 4.78 is 5.15. The van der Waals surface area contributed by atoms with Crippen molar-refractivity contribution in [1.29, 1.82) is 0 Å². The van der Waals surface area contributed by atoms with Gasteiger partial charge in [-0.2, -0.15) is 0 Å². The van der Waals surface area contributed by atoms with Crippen molar-refractivity contribution in [2.45, 2.75) is 19.8 Å². The summed E-state index contributed by atoms with van der Waals surface area (Å²) in [6.07, 6.45) is 0.492. The van der Waals surface area contributed by atoms with Crippen LogP contribution in [0, 0.1) is 0 Å². The van der Waals surface area contributed by atoms with Gasteiger partial charge in [0.1, 0.15) is 11.5 Å². The number of hydrogen-bond donors (Lipinski definition) is 0. The fraction of sp³-hybridized carbons (Fsp3) is 0.190. The van der Waals surface area contributed by atoms with Gasteiger partial charge in [0.2, 0.25) is 0 Å². The highest BCUT2D eigenvalue weighted by molar-refractivity contribution is 6.40. The molecule has 2 aromatic carbocycles. The van der Waals surface area contributed by atoms with Crippen molar-refractivity contribution >= 4 is 22.9 Å². The zero-order valence-electron chi connectivity index (χ0n) is 14.2. The first kappa shape index (κ1) is 16.8. The molecule has 0 saturated heterocycles. The van der Waals surface area contributed by atoms with E-state index in [9.17, 15) is 14.4 Å². The summed E-state index contributed by atoms with van der Waals surface area (Å²) in [6, 6.07) is 13.9. The van der Waals surface area contributed by atoms with Crippen LogP contribution in [-0.4, -0.2) is 24.5 Å². The van der Waals surface area contributed by atoms with Gasteiger partial charge in [-0.15, -0.1) is 0 Å². The lowest BCUT2D eigenvalue weighted by Gasteiger charge is -2.21. The van der Waals surface area contributed by atoms with Crippen molar-refractivity contribution in [3.63, 3.8) is 0 Å². The standard InChI is InChI=1S/C21H18O4/c1-13(22)7-12-18-19(14-8-10-15(25-2)11-9-14)21(24)17-6-4-3-5-16(17)20(18)23/h3-6,8-11H,7,12H2,1-2H3. The van der Waals surface area contributed by atoms with Crippen LogP contribution in [0.4, 0.5) is 0 Å². The third-order valence-electron chi connectivity index (χ3n) is 4.32. The lowest BCUT2D eigenvalue weighted by atomic mass is 9.79. The number of hydrogen-bond acceptors (Lipinski definition) is 4. The van der Waals surface area contributed by atoms with E-state index in [1.165, 1.54) is 6.92 Å².